The number of hydrogen-bond acceptors (Lipinski definition) is 16. The summed E-state index contributed by atoms with van der Waals surface area (Å²) in [5.41, 5.74) is 0.517. The fourth-order valence-electron chi connectivity index (χ4n) is 5.22. The van der Waals surface area contributed by atoms with Gasteiger partial charge in [-0.15, -0.1) is 0 Å². The third-order valence-electron chi connectivity index (χ3n) is 7.67. The number of ether oxygens (including phenoxy) is 5. The minimum atomic E-state index is -1.82. The number of phenols is 2. The molecule has 0 radical (unpaired) electrons. The summed E-state index contributed by atoms with van der Waals surface area (Å²) in [6.45, 7) is -1.46. The molecule has 0 saturated carbocycles. The topological polar surface area (TPSA) is 269 Å². The molecule has 2 aromatic rings. The highest BCUT2D eigenvalue weighted by molar-refractivity contribution is 5.52. The van der Waals surface area contributed by atoms with E-state index in [1.54, 1.807) is 0 Å². The molecule has 16 heteroatoms. The molecule has 3 aliphatic rings. The van der Waals surface area contributed by atoms with E-state index in [0.717, 1.165) is 6.07 Å². The first kappa shape index (κ1) is 31.4. The van der Waals surface area contributed by atoms with Crippen LogP contribution in [0.1, 0.15) is 17.2 Å². The van der Waals surface area contributed by atoms with E-state index in [4.69, 9.17) is 23.7 Å². The van der Waals surface area contributed by atoms with Crippen LogP contribution in [0, 0.1) is 0 Å². The first-order valence-electron chi connectivity index (χ1n) is 13.4. The lowest BCUT2D eigenvalue weighted by atomic mass is 9.94. The minimum absolute atomic E-state index is 0.0574. The van der Waals surface area contributed by atoms with Crippen molar-refractivity contribution in [3.63, 3.8) is 0 Å². The SMILES string of the molecule is OCC1OC(Oc2ccc(C3Oc4cc(O)cc(O)c4CC3O)cc2OC2OC(CO)C(O)C(O)C2O)C(O)C(O)C1O. The summed E-state index contributed by atoms with van der Waals surface area (Å²) in [6.07, 6.45) is -18.8. The summed E-state index contributed by atoms with van der Waals surface area (Å²) < 4.78 is 28.3. The average Bonchev–Trinajstić information content (AvgIpc) is 2.98. The van der Waals surface area contributed by atoms with Gasteiger partial charge in [0.25, 0.3) is 0 Å². The molecule has 0 aromatic heterocycles. The van der Waals surface area contributed by atoms with E-state index in [-0.39, 0.29) is 46.3 Å². The van der Waals surface area contributed by atoms with Crippen molar-refractivity contribution in [3.05, 3.63) is 41.5 Å². The van der Waals surface area contributed by atoms with E-state index < -0.39 is 86.8 Å². The van der Waals surface area contributed by atoms with Gasteiger partial charge in [-0.3, -0.25) is 0 Å². The van der Waals surface area contributed by atoms with E-state index >= 15 is 0 Å². The Morgan fingerprint density at radius 2 is 1.23 bits per heavy atom. The highest BCUT2D eigenvalue weighted by Crippen LogP contribution is 2.44. The Morgan fingerprint density at radius 1 is 0.674 bits per heavy atom. The fraction of sp³-hybridized carbons (Fsp3) is 0.556. The second-order valence-electron chi connectivity index (χ2n) is 10.6. The summed E-state index contributed by atoms with van der Waals surface area (Å²) in [4.78, 5) is 0. The number of aromatic hydroxyl groups is 2. The zero-order valence-corrected chi connectivity index (χ0v) is 22.4. The Labute approximate surface area is 243 Å². The first-order valence-corrected chi connectivity index (χ1v) is 13.4. The molecule has 43 heavy (non-hydrogen) atoms. The molecule has 12 atom stereocenters. The van der Waals surface area contributed by atoms with Crippen LogP contribution in [-0.2, 0) is 15.9 Å². The zero-order chi connectivity index (χ0) is 31.2. The molecule has 5 rings (SSSR count). The molecule has 3 heterocycles. The molecular formula is C27H34O16. The van der Waals surface area contributed by atoms with Gasteiger partial charge in [-0.25, -0.2) is 0 Å². The van der Waals surface area contributed by atoms with Gasteiger partial charge in [-0.05, 0) is 17.7 Å². The molecule has 0 bridgehead atoms. The second kappa shape index (κ2) is 12.5. The van der Waals surface area contributed by atoms with Crippen molar-refractivity contribution < 1.29 is 79.9 Å². The molecule has 238 valence electrons. The summed E-state index contributed by atoms with van der Waals surface area (Å²) >= 11 is 0. The molecule has 2 saturated heterocycles. The molecule has 0 spiro atoms. The maximum Gasteiger partial charge on any atom is 0.229 e. The van der Waals surface area contributed by atoms with Gasteiger partial charge in [0.1, 0.15) is 72.2 Å². The number of phenolic OH excluding ortho intramolecular Hbond substituents is 2. The summed E-state index contributed by atoms with van der Waals surface area (Å²) in [7, 11) is 0. The maximum atomic E-state index is 10.9. The van der Waals surface area contributed by atoms with E-state index in [1.807, 2.05) is 0 Å². The van der Waals surface area contributed by atoms with Gasteiger partial charge in [-0.2, -0.15) is 0 Å². The molecule has 0 amide bonds. The zero-order valence-electron chi connectivity index (χ0n) is 22.4. The molecule has 2 aromatic carbocycles. The number of aliphatic hydroxyl groups excluding tert-OH is 9. The molecule has 2 fully saturated rings. The maximum absolute atomic E-state index is 10.9. The van der Waals surface area contributed by atoms with E-state index in [9.17, 15) is 56.2 Å². The lowest BCUT2D eigenvalue weighted by Crippen LogP contribution is -2.60. The van der Waals surface area contributed by atoms with E-state index in [0.29, 0.717) is 0 Å². The normalized spacial score (nSPS) is 37.7. The lowest BCUT2D eigenvalue weighted by Gasteiger charge is -2.41. The number of aliphatic hydroxyl groups is 9. The van der Waals surface area contributed by atoms with Crippen molar-refractivity contribution in [3.8, 4) is 28.7 Å². The Morgan fingerprint density at radius 3 is 1.79 bits per heavy atom. The second-order valence-corrected chi connectivity index (χ2v) is 10.6. The molecule has 12 unspecified atom stereocenters. The number of benzene rings is 2. The van der Waals surface area contributed by atoms with Gasteiger partial charge < -0.3 is 79.9 Å². The van der Waals surface area contributed by atoms with Gasteiger partial charge in [-0.1, -0.05) is 6.07 Å². The van der Waals surface area contributed by atoms with Crippen molar-refractivity contribution in [2.24, 2.45) is 0 Å². The monoisotopic (exact) mass is 614 g/mol. The van der Waals surface area contributed by atoms with Crippen LogP contribution in [0.5, 0.6) is 28.7 Å². The van der Waals surface area contributed by atoms with Crippen LogP contribution in [0.3, 0.4) is 0 Å². The van der Waals surface area contributed by atoms with Crippen LogP contribution < -0.4 is 14.2 Å². The number of rotatable bonds is 7. The van der Waals surface area contributed by atoms with Crippen LogP contribution in [0.4, 0.5) is 0 Å². The molecular weight excluding hydrogens is 580 g/mol. The largest absolute Gasteiger partial charge is 0.508 e. The Hall–Kier alpha value is -3.00. The van der Waals surface area contributed by atoms with Crippen molar-refractivity contribution in [2.75, 3.05) is 13.2 Å². The van der Waals surface area contributed by atoms with E-state index in [1.165, 1.54) is 24.3 Å². The predicted molar refractivity (Wildman–Crippen MR) is 138 cm³/mol. The van der Waals surface area contributed by atoms with Crippen molar-refractivity contribution >= 4 is 0 Å². The molecule has 16 nitrogen and oxygen atoms in total. The van der Waals surface area contributed by atoms with E-state index in [2.05, 4.69) is 0 Å². The first-order chi connectivity index (χ1) is 20.4. The molecule has 11 N–H and O–H groups in total. The van der Waals surface area contributed by atoms with Gasteiger partial charge in [0, 0.05) is 24.1 Å². The van der Waals surface area contributed by atoms with Crippen molar-refractivity contribution in [2.45, 2.75) is 80.0 Å². The minimum Gasteiger partial charge on any atom is -0.508 e. The highest BCUT2D eigenvalue weighted by atomic mass is 16.7. The van der Waals surface area contributed by atoms with Crippen LogP contribution in [0.25, 0.3) is 0 Å². The number of fused-ring (bicyclic) bond motifs is 1. The highest BCUT2D eigenvalue weighted by Gasteiger charge is 2.47. The fourth-order valence-corrected chi connectivity index (χ4v) is 5.22. The van der Waals surface area contributed by atoms with Crippen LogP contribution in [-0.4, -0.2) is 137 Å². The van der Waals surface area contributed by atoms with Crippen LogP contribution in [0.15, 0.2) is 30.3 Å². The molecule has 3 aliphatic heterocycles. The van der Waals surface area contributed by atoms with Crippen LogP contribution in [0.2, 0.25) is 0 Å². The predicted octanol–water partition coefficient (Wildman–Crippen LogP) is -3.51. The van der Waals surface area contributed by atoms with Crippen LogP contribution >= 0.6 is 0 Å². The van der Waals surface area contributed by atoms with Crippen molar-refractivity contribution in [1.82, 2.24) is 0 Å². The van der Waals surface area contributed by atoms with Gasteiger partial charge in [0.2, 0.25) is 12.6 Å². The average molecular weight is 615 g/mol. The quantitative estimate of drug-likeness (QED) is 0.144. The summed E-state index contributed by atoms with van der Waals surface area (Å²) in [5, 5.41) is 112. The number of hydrogen-bond donors (Lipinski definition) is 11. The Balaban J connectivity index is 1.49. The summed E-state index contributed by atoms with van der Waals surface area (Å²) in [6, 6.07) is 6.38. The third-order valence-corrected chi connectivity index (χ3v) is 7.67. The van der Waals surface area contributed by atoms with Crippen molar-refractivity contribution in [1.29, 1.82) is 0 Å². The standard InChI is InChI=1S/C27H34O16/c28-7-17-19(33)21(35)23(37)26(42-17)40-14-2-1-9(25-13(32)6-11-12(31)4-10(30)5-15(11)39-25)3-16(14)41-27-24(38)22(36)20(34)18(8-29)43-27/h1-5,13,17-38H,6-8H2. The van der Waals surface area contributed by atoms with Gasteiger partial charge in [0.15, 0.2) is 11.5 Å². The third kappa shape index (κ3) is 6.04. The molecule has 0 aliphatic carbocycles. The Kier molecular flexibility index (Phi) is 9.17. The lowest BCUT2D eigenvalue weighted by molar-refractivity contribution is -0.282. The summed E-state index contributed by atoms with van der Waals surface area (Å²) in [5.74, 6) is -0.903. The smallest absolute Gasteiger partial charge is 0.229 e. The van der Waals surface area contributed by atoms with Gasteiger partial charge in [0.05, 0.1) is 19.3 Å². The van der Waals surface area contributed by atoms with Gasteiger partial charge >= 0.3 is 0 Å². The Bertz CT molecular complexity index is 1270.